The second-order valence-electron chi connectivity index (χ2n) is 8.13. The minimum absolute atomic E-state index is 0.0332. The summed E-state index contributed by atoms with van der Waals surface area (Å²) >= 11 is 0. The predicted molar refractivity (Wildman–Crippen MR) is 106 cm³/mol. The van der Waals surface area contributed by atoms with Crippen LogP contribution in [0.5, 0.6) is 0 Å². The summed E-state index contributed by atoms with van der Waals surface area (Å²) < 4.78 is 10.9. The summed E-state index contributed by atoms with van der Waals surface area (Å²) in [4.78, 5) is 29.3. The van der Waals surface area contributed by atoms with Gasteiger partial charge in [0.15, 0.2) is 6.29 Å². The predicted octanol–water partition coefficient (Wildman–Crippen LogP) is 3.65. The molecule has 0 aliphatic rings. The fraction of sp³-hybridized carbons (Fsp3) is 0.667. The molecule has 1 aromatic heterocycles. The lowest BCUT2D eigenvalue weighted by molar-refractivity contribution is 0.0514. The topological polar surface area (TPSA) is 91.5 Å². The highest BCUT2D eigenvalue weighted by atomic mass is 16.5. The van der Waals surface area contributed by atoms with E-state index in [4.69, 9.17) is 15.2 Å². The standard InChI is InChI=1S/C21H34N2O4/c1-7-27-20(25)19-17(13-26-10-8-9-22)23-16(11-21(4,5)6)15(12-24)18(19)14(2)3/h12,14H,7-11,13,22H2,1-6H3. The molecule has 1 rings (SSSR count). The van der Waals surface area contributed by atoms with Crippen LogP contribution in [0.25, 0.3) is 0 Å². The van der Waals surface area contributed by atoms with E-state index in [0.717, 1.165) is 12.7 Å². The van der Waals surface area contributed by atoms with Crippen LogP contribution in [0.2, 0.25) is 0 Å². The van der Waals surface area contributed by atoms with Gasteiger partial charge in [0, 0.05) is 12.2 Å². The molecule has 27 heavy (non-hydrogen) atoms. The number of nitrogens with zero attached hydrogens (tertiary/aromatic N) is 1. The zero-order chi connectivity index (χ0) is 20.6. The molecule has 1 aromatic rings. The Morgan fingerprint density at radius 3 is 2.41 bits per heavy atom. The summed E-state index contributed by atoms with van der Waals surface area (Å²) in [6.07, 6.45) is 2.16. The molecule has 0 aliphatic carbocycles. The first-order chi connectivity index (χ1) is 12.7. The third kappa shape index (κ3) is 6.70. The molecular formula is C21H34N2O4. The van der Waals surface area contributed by atoms with Crippen molar-refractivity contribution in [1.82, 2.24) is 4.98 Å². The molecule has 0 atom stereocenters. The molecule has 152 valence electrons. The number of esters is 1. The second-order valence-corrected chi connectivity index (χ2v) is 8.13. The van der Waals surface area contributed by atoms with E-state index in [1.165, 1.54) is 0 Å². The van der Waals surface area contributed by atoms with E-state index in [0.29, 0.717) is 47.7 Å². The van der Waals surface area contributed by atoms with Gasteiger partial charge < -0.3 is 15.2 Å². The number of ether oxygens (including phenoxy) is 2. The van der Waals surface area contributed by atoms with E-state index < -0.39 is 5.97 Å². The molecule has 1 heterocycles. The summed E-state index contributed by atoms with van der Waals surface area (Å²) in [5.74, 6) is -0.495. The molecule has 0 amide bonds. The van der Waals surface area contributed by atoms with Crippen molar-refractivity contribution in [2.24, 2.45) is 11.1 Å². The number of hydrogen-bond donors (Lipinski definition) is 1. The van der Waals surface area contributed by atoms with Gasteiger partial charge in [-0.25, -0.2) is 4.79 Å². The number of aromatic nitrogens is 1. The Kier molecular flexibility index (Phi) is 9.06. The van der Waals surface area contributed by atoms with Crippen LogP contribution in [0.4, 0.5) is 0 Å². The Hall–Kier alpha value is -1.79. The van der Waals surface area contributed by atoms with Gasteiger partial charge in [0.05, 0.1) is 30.2 Å². The van der Waals surface area contributed by atoms with E-state index in [9.17, 15) is 9.59 Å². The summed E-state index contributed by atoms with van der Waals surface area (Å²) in [5.41, 5.74) is 8.23. The van der Waals surface area contributed by atoms with Crippen LogP contribution in [0.1, 0.15) is 91.5 Å². The highest BCUT2D eigenvalue weighted by molar-refractivity contribution is 5.96. The van der Waals surface area contributed by atoms with Crippen LogP contribution < -0.4 is 5.73 Å². The molecule has 0 aromatic carbocycles. The maximum absolute atomic E-state index is 12.7. The first kappa shape index (κ1) is 23.2. The van der Waals surface area contributed by atoms with Gasteiger partial charge in [-0.15, -0.1) is 0 Å². The molecule has 0 radical (unpaired) electrons. The lowest BCUT2D eigenvalue weighted by Crippen LogP contribution is -2.22. The zero-order valence-corrected chi connectivity index (χ0v) is 17.6. The molecule has 0 fully saturated rings. The van der Waals surface area contributed by atoms with Crippen LogP contribution in [0.3, 0.4) is 0 Å². The van der Waals surface area contributed by atoms with E-state index in [2.05, 4.69) is 25.8 Å². The SMILES string of the molecule is CCOC(=O)c1c(COCCCN)nc(CC(C)(C)C)c(C=O)c1C(C)C. The number of carbonyl (C=O) groups is 2. The number of rotatable bonds is 10. The van der Waals surface area contributed by atoms with Gasteiger partial charge in [-0.05, 0) is 43.2 Å². The molecule has 0 unspecified atom stereocenters. The van der Waals surface area contributed by atoms with Gasteiger partial charge in [-0.1, -0.05) is 34.6 Å². The smallest absolute Gasteiger partial charge is 0.340 e. The maximum atomic E-state index is 12.7. The Labute approximate surface area is 162 Å². The van der Waals surface area contributed by atoms with Gasteiger partial charge in [0.1, 0.15) is 0 Å². The van der Waals surface area contributed by atoms with Crippen molar-refractivity contribution in [1.29, 1.82) is 0 Å². The molecule has 0 aliphatic heterocycles. The third-order valence-electron chi connectivity index (χ3n) is 4.03. The fourth-order valence-electron chi connectivity index (χ4n) is 2.98. The monoisotopic (exact) mass is 378 g/mol. The summed E-state index contributed by atoms with van der Waals surface area (Å²) in [6.45, 7) is 13.4. The maximum Gasteiger partial charge on any atom is 0.340 e. The Balaban J connectivity index is 3.58. The van der Waals surface area contributed by atoms with Crippen molar-refractivity contribution in [3.8, 4) is 0 Å². The Morgan fingerprint density at radius 1 is 1.26 bits per heavy atom. The van der Waals surface area contributed by atoms with E-state index in [-0.39, 0.29) is 24.5 Å². The highest BCUT2D eigenvalue weighted by Gasteiger charge is 2.28. The molecular weight excluding hydrogens is 344 g/mol. The first-order valence-electron chi connectivity index (χ1n) is 9.62. The van der Waals surface area contributed by atoms with Crippen molar-refractivity contribution in [2.45, 2.75) is 66.9 Å². The molecule has 0 saturated heterocycles. The van der Waals surface area contributed by atoms with Gasteiger partial charge in [-0.2, -0.15) is 0 Å². The Morgan fingerprint density at radius 2 is 1.93 bits per heavy atom. The van der Waals surface area contributed by atoms with Gasteiger partial charge >= 0.3 is 5.97 Å². The summed E-state index contributed by atoms with van der Waals surface area (Å²) in [5, 5.41) is 0. The van der Waals surface area contributed by atoms with Crippen LogP contribution >= 0.6 is 0 Å². The van der Waals surface area contributed by atoms with Crippen LogP contribution in [0, 0.1) is 5.41 Å². The Bertz CT molecular complexity index is 649. The molecule has 6 heteroatoms. The number of nitrogens with two attached hydrogens (primary N) is 1. The van der Waals surface area contributed by atoms with Gasteiger partial charge in [0.2, 0.25) is 0 Å². The van der Waals surface area contributed by atoms with Crippen LogP contribution in [0.15, 0.2) is 0 Å². The number of hydrogen-bond acceptors (Lipinski definition) is 6. The van der Waals surface area contributed by atoms with E-state index >= 15 is 0 Å². The second kappa shape index (κ2) is 10.5. The van der Waals surface area contributed by atoms with Crippen molar-refractivity contribution < 1.29 is 19.1 Å². The average Bonchev–Trinajstić information content (AvgIpc) is 2.56. The average molecular weight is 379 g/mol. The molecule has 0 bridgehead atoms. The lowest BCUT2D eigenvalue weighted by Gasteiger charge is -2.24. The number of pyridine rings is 1. The van der Waals surface area contributed by atoms with Gasteiger partial charge in [0.25, 0.3) is 0 Å². The van der Waals surface area contributed by atoms with E-state index in [1.807, 2.05) is 13.8 Å². The van der Waals surface area contributed by atoms with Crippen LogP contribution in [-0.2, 0) is 22.5 Å². The van der Waals surface area contributed by atoms with Crippen LogP contribution in [-0.4, -0.2) is 37.0 Å². The normalized spacial score (nSPS) is 11.7. The van der Waals surface area contributed by atoms with Crippen molar-refractivity contribution in [3.63, 3.8) is 0 Å². The molecule has 2 N–H and O–H groups in total. The first-order valence-corrected chi connectivity index (χ1v) is 9.62. The molecule has 0 saturated carbocycles. The molecule has 0 spiro atoms. The summed E-state index contributed by atoms with van der Waals surface area (Å²) in [6, 6.07) is 0. The number of carbonyl (C=O) groups excluding carboxylic acids is 2. The van der Waals surface area contributed by atoms with Crippen molar-refractivity contribution in [2.75, 3.05) is 19.8 Å². The lowest BCUT2D eigenvalue weighted by atomic mass is 9.84. The number of aldehydes is 1. The fourth-order valence-corrected chi connectivity index (χ4v) is 2.98. The molecule has 6 nitrogen and oxygen atoms in total. The quantitative estimate of drug-likeness (QED) is 0.380. The highest BCUT2D eigenvalue weighted by Crippen LogP contribution is 2.31. The van der Waals surface area contributed by atoms with E-state index in [1.54, 1.807) is 6.92 Å². The minimum atomic E-state index is -0.462. The van der Waals surface area contributed by atoms with Crippen molar-refractivity contribution >= 4 is 12.3 Å². The minimum Gasteiger partial charge on any atom is -0.462 e. The zero-order valence-electron chi connectivity index (χ0n) is 17.6. The van der Waals surface area contributed by atoms with Crippen molar-refractivity contribution in [3.05, 3.63) is 28.1 Å². The third-order valence-corrected chi connectivity index (χ3v) is 4.03. The van der Waals surface area contributed by atoms with Gasteiger partial charge in [-0.3, -0.25) is 9.78 Å². The largest absolute Gasteiger partial charge is 0.462 e. The summed E-state index contributed by atoms with van der Waals surface area (Å²) in [7, 11) is 0.